The zero-order valence-electron chi connectivity index (χ0n) is 6.22. The van der Waals surface area contributed by atoms with Crippen molar-refractivity contribution in [3.63, 3.8) is 0 Å². The minimum Gasteiger partial charge on any atom is -0.241 e. The first kappa shape index (κ1) is 7.35. The van der Waals surface area contributed by atoms with E-state index in [1.807, 2.05) is 0 Å². The van der Waals surface area contributed by atoms with Crippen LogP contribution in [0.3, 0.4) is 0 Å². The molecule has 2 heteroatoms. The van der Waals surface area contributed by atoms with Crippen molar-refractivity contribution in [3.8, 4) is 0 Å². The number of nitrogens with zero attached hydrogens (tertiary/aromatic N) is 1. The number of rotatable bonds is 2. The fraction of sp³-hybridized carbons (Fsp3) is 1.00. The van der Waals surface area contributed by atoms with Gasteiger partial charge in [0.15, 0.2) is 0 Å². The number of halogens is 1. The molecule has 0 N–H and O–H groups in total. The average molecular weight is 251 g/mol. The summed E-state index contributed by atoms with van der Waals surface area (Å²) in [6, 6.07) is 1.90. The Morgan fingerprint density at radius 3 is 1.50 bits per heavy atom. The van der Waals surface area contributed by atoms with Crippen molar-refractivity contribution in [3.05, 3.63) is 0 Å². The summed E-state index contributed by atoms with van der Waals surface area (Å²) in [6.45, 7) is 0. The molecule has 10 heavy (non-hydrogen) atoms. The van der Waals surface area contributed by atoms with Gasteiger partial charge in [-0.25, -0.2) is 3.11 Å². The first-order valence-corrected chi connectivity index (χ1v) is 5.28. The topological polar surface area (TPSA) is 3.24 Å². The van der Waals surface area contributed by atoms with E-state index in [2.05, 4.69) is 26.0 Å². The molecular weight excluding hydrogens is 237 g/mol. The second kappa shape index (κ2) is 2.97. The van der Waals surface area contributed by atoms with Gasteiger partial charge in [-0.1, -0.05) is 12.8 Å². The molecule has 0 aromatic heterocycles. The highest BCUT2D eigenvalue weighted by atomic mass is 127. The molecule has 0 saturated heterocycles. The normalized spacial score (nSPS) is 28.2. The highest BCUT2D eigenvalue weighted by Gasteiger charge is 2.31. The van der Waals surface area contributed by atoms with Gasteiger partial charge < -0.3 is 0 Å². The lowest BCUT2D eigenvalue weighted by Gasteiger charge is -2.42. The summed E-state index contributed by atoms with van der Waals surface area (Å²) in [5.41, 5.74) is 0. The second-order valence-corrected chi connectivity index (χ2v) is 4.63. The van der Waals surface area contributed by atoms with Crippen LogP contribution in [0.2, 0.25) is 0 Å². The first-order valence-electron chi connectivity index (χ1n) is 4.32. The van der Waals surface area contributed by atoms with Gasteiger partial charge in [-0.15, -0.1) is 0 Å². The van der Waals surface area contributed by atoms with Crippen molar-refractivity contribution in [1.82, 2.24) is 3.11 Å². The summed E-state index contributed by atoms with van der Waals surface area (Å²) in [6.07, 6.45) is 8.77. The summed E-state index contributed by atoms with van der Waals surface area (Å²) >= 11 is 2.53. The van der Waals surface area contributed by atoms with E-state index in [4.69, 9.17) is 0 Å². The van der Waals surface area contributed by atoms with Gasteiger partial charge >= 0.3 is 0 Å². The molecule has 0 atom stereocenters. The van der Waals surface area contributed by atoms with E-state index in [0.717, 1.165) is 12.1 Å². The maximum Gasteiger partial charge on any atom is 0.0207 e. The maximum absolute atomic E-state index is 2.59. The lowest BCUT2D eigenvalue weighted by Crippen LogP contribution is -2.43. The van der Waals surface area contributed by atoms with E-state index < -0.39 is 0 Å². The predicted molar refractivity (Wildman–Crippen MR) is 51.1 cm³/mol. The van der Waals surface area contributed by atoms with Crippen LogP contribution >= 0.6 is 22.9 Å². The van der Waals surface area contributed by atoms with Crippen LogP contribution < -0.4 is 0 Å². The van der Waals surface area contributed by atoms with Crippen molar-refractivity contribution >= 4 is 22.9 Å². The molecule has 0 aromatic carbocycles. The fourth-order valence-corrected chi connectivity index (χ4v) is 2.68. The SMILES string of the molecule is IN(C1CCC1)C1CCC1. The predicted octanol–water partition coefficient (Wildman–Crippen LogP) is 2.74. The molecule has 2 aliphatic rings. The molecule has 0 aromatic rings. The molecule has 0 bridgehead atoms. The molecule has 0 unspecified atom stereocenters. The smallest absolute Gasteiger partial charge is 0.0207 e. The molecule has 2 rings (SSSR count). The molecule has 0 aliphatic heterocycles. The van der Waals surface area contributed by atoms with Crippen molar-refractivity contribution < 1.29 is 0 Å². The van der Waals surface area contributed by atoms with E-state index in [1.54, 1.807) is 0 Å². The summed E-state index contributed by atoms with van der Waals surface area (Å²) in [5.74, 6) is 0. The van der Waals surface area contributed by atoms with Gasteiger partial charge in [0.05, 0.1) is 0 Å². The number of hydrogen-bond donors (Lipinski definition) is 0. The summed E-state index contributed by atoms with van der Waals surface area (Å²) in [7, 11) is 0. The van der Waals surface area contributed by atoms with Gasteiger partial charge in [0.2, 0.25) is 0 Å². The third-order valence-electron chi connectivity index (χ3n) is 2.85. The van der Waals surface area contributed by atoms with Gasteiger partial charge in [-0.3, -0.25) is 0 Å². The van der Waals surface area contributed by atoms with Crippen molar-refractivity contribution in [2.75, 3.05) is 0 Å². The second-order valence-electron chi connectivity index (χ2n) is 3.51. The van der Waals surface area contributed by atoms with Crippen LogP contribution in [0.1, 0.15) is 38.5 Å². The molecule has 0 amide bonds. The van der Waals surface area contributed by atoms with Crippen LogP contribution in [0.4, 0.5) is 0 Å². The third kappa shape index (κ3) is 1.20. The zero-order chi connectivity index (χ0) is 6.97. The summed E-state index contributed by atoms with van der Waals surface area (Å²) < 4.78 is 2.59. The molecule has 2 aliphatic carbocycles. The molecule has 1 nitrogen and oxygen atoms in total. The van der Waals surface area contributed by atoms with Gasteiger partial charge in [0, 0.05) is 34.9 Å². The van der Waals surface area contributed by atoms with E-state index in [0.29, 0.717) is 0 Å². The van der Waals surface area contributed by atoms with Crippen LogP contribution in [0.5, 0.6) is 0 Å². The highest BCUT2D eigenvalue weighted by Crippen LogP contribution is 2.35. The molecule has 0 heterocycles. The third-order valence-corrected chi connectivity index (χ3v) is 4.42. The molecule has 2 saturated carbocycles. The van der Waals surface area contributed by atoms with E-state index in [9.17, 15) is 0 Å². The Balaban J connectivity index is 1.79. The fourth-order valence-electron chi connectivity index (χ4n) is 1.56. The van der Waals surface area contributed by atoms with Crippen LogP contribution in [0.25, 0.3) is 0 Å². The minimum atomic E-state index is 0.950. The Morgan fingerprint density at radius 2 is 1.30 bits per heavy atom. The molecule has 0 spiro atoms. The van der Waals surface area contributed by atoms with E-state index >= 15 is 0 Å². The van der Waals surface area contributed by atoms with Gasteiger partial charge in [-0.2, -0.15) is 0 Å². The van der Waals surface area contributed by atoms with Crippen LogP contribution in [-0.4, -0.2) is 15.2 Å². The summed E-state index contributed by atoms with van der Waals surface area (Å²) in [4.78, 5) is 0. The monoisotopic (exact) mass is 251 g/mol. The Labute approximate surface area is 76.7 Å². The van der Waals surface area contributed by atoms with Gasteiger partial charge in [-0.05, 0) is 25.7 Å². The standard InChI is InChI=1S/C8H14IN/c9-10(7-3-1-4-7)8-5-2-6-8/h7-8H,1-6H2. The average Bonchev–Trinajstić information content (AvgIpc) is 1.52. The van der Waals surface area contributed by atoms with Crippen LogP contribution in [0, 0.1) is 0 Å². The minimum absolute atomic E-state index is 0.950. The van der Waals surface area contributed by atoms with Crippen molar-refractivity contribution in [1.29, 1.82) is 0 Å². The molecule has 58 valence electrons. The number of hydrogen-bond acceptors (Lipinski definition) is 1. The van der Waals surface area contributed by atoms with Crippen molar-refractivity contribution in [2.24, 2.45) is 0 Å². The Bertz CT molecular complexity index is 104. The molecule has 2 fully saturated rings. The largest absolute Gasteiger partial charge is 0.241 e. The Morgan fingerprint density at radius 1 is 0.900 bits per heavy atom. The van der Waals surface area contributed by atoms with Crippen LogP contribution in [0.15, 0.2) is 0 Å². The summed E-state index contributed by atoms with van der Waals surface area (Å²) in [5, 5.41) is 0. The maximum atomic E-state index is 2.59. The highest BCUT2D eigenvalue weighted by molar-refractivity contribution is 14.1. The first-order chi connectivity index (χ1) is 4.88. The Kier molecular flexibility index (Phi) is 2.18. The van der Waals surface area contributed by atoms with Gasteiger partial charge in [0.1, 0.15) is 0 Å². The Hall–Kier alpha value is 0.690. The zero-order valence-corrected chi connectivity index (χ0v) is 8.38. The molecular formula is C8H14IN. The quantitative estimate of drug-likeness (QED) is 0.538. The van der Waals surface area contributed by atoms with Crippen molar-refractivity contribution in [2.45, 2.75) is 50.6 Å². The van der Waals surface area contributed by atoms with E-state index in [-0.39, 0.29) is 0 Å². The van der Waals surface area contributed by atoms with E-state index in [1.165, 1.54) is 38.5 Å². The van der Waals surface area contributed by atoms with Crippen LogP contribution in [-0.2, 0) is 0 Å². The van der Waals surface area contributed by atoms with Gasteiger partial charge in [0.25, 0.3) is 0 Å². The lowest BCUT2D eigenvalue weighted by atomic mass is 9.87. The lowest BCUT2D eigenvalue weighted by molar-refractivity contribution is 0.156. The molecule has 0 radical (unpaired) electrons.